The molecule has 3 aromatic carbocycles. The fraction of sp³-hybridized carbons (Fsp3) is 0.174. The number of carbonyl (C=O) groups is 1. The molecule has 0 fully saturated rings. The third-order valence-corrected chi connectivity index (χ3v) is 6.03. The number of aryl methyl sites for hydroxylation is 2. The van der Waals surface area contributed by atoms with E-state index in [1.54, 1.807) is 50.4 Å². The number of anilines is 2. The van der Waals surface area contributed by atoms with Gasteiger partial charge < -0.3 is 10.1 Å². The molecule has 1 amide bonds. The van der Waals surface area contributed by atoms with Crippen molar-refractivity contribution in [3.63, 3.8) is 0 Å². The van der Waals surface area contributed by atoms with Crippen molar-refractivity contribution in [3.8, 4) is 0 Å². The first-order valence-corrected chi connectivity index (χ1v) is 10.9. The maximum Gasteiger partial charge on any atom is 0.262 e. The molecule has 0 atom stereocenters. The molecule has 30 heavy (non-hydrogen) atoms. The van der Waals surface area contributed by atoms with Gasteiger partial charge in [-0.2, -0.15) is 0 Å². The first kappa shape index (κ1) is 21.5. The zero-order valence-corrected chi connectivity index (χ0v) is 17.9. The fourth-order valence-electron chi connectivity index (χ4n) is 3.06. The van der Waals surface area contributed by atoms with Crippen molar-refractivity contribution in [1.29, 1.82) is 0 Å². The molecular weight excluding hydrogens is 400 g/mol. The van der Waals surface area contributed by atoms with Gasteiger partial charge in [0.25, 0.3) is 15.9 Å². The first-order valence-electron chi connectivity index (χ1n) is 9.38. The predicted octanol–water partition coefficient (Wildman–Crippen LogP) is 4.50. The van der Waals surface area contributed by atoms with Crippen molar-refractivity contribution in [1.82, 2.24) is 0 Å². The Kier molecular flexibility index (Phi) is 6.54. The molecular formula is C23H24N2O4S. The summed E-state index contributed by atoms with van der Waals surface area (Å²) in [6, 6.07) is 19.0. The number of hydrogen-bond acceptors (Lipinski definition) is 4. The van der Waals surface area contributed by atoms with E-state index in [1.807, 2.05) is 31.2 Å². The number of hydrogen-bond donors (Lipinski definition) is 2. The SMILES string of the molecule is COCc1cccc(NC(=O)c2ccc(C)c(S(=O)(=O)Nc3cccc(C)c3)c2)c1. The van der Waals surface area contributed by atoms with Gasteiger partial charge in [0, 0.05) is 24.0 Å². The average Bonchev–Trinajstić information content (AvgIpc) is 2.68. The zero-order chi connectivity index (χ0) is 21.7. The van der Waals surface area contributed by atoms with Gasteiger partial charge in [0.2, 0.25) is 0 Å². The van der Waals surface area contributed by atoms with Crippen molar-refractivity contribution in [3.05, 3.63) is 89.0 Å². The number of ether oxygens (including phenoxy) is 1. The van der Waals surface area contributed by atoms with Crippen LogP contribution < -0.4 is 10.0 Å². The van der Waals surface area contributed by atoms with Gasteiger partial charge in [-0.3, -0.25) is 9.52 Å². The van der Waals surface area contributed by atoms with Gasteiger partial charge in [0.1, 0.15) is 0 Å². The number of nitrogens with one attached hydrogen (secondary N) is 2. The van der Waals surface area contributed by atoms with E-state index in [-0.39, 0.29) is 10.5 Å². The summed E-state index contributed by atoms with van der Waals surface area (Å²) in [7, 11) is -2.25. The second kappa shape index (κ2) is 9.11. The van der Waals surface area contributed by atoms with Crippen LogP contribution >= 0.6 is 0 Å². The lowest BCUT2D eigenvalue weighted by molar-refractivity contribution is 0.102. The monoisotopic (exact) mass is 424 g/mol. The van der Waals surface area contributed by atoms with Gasteiger partial charge in [-0.25, -0.2) is 8.42 Å². The highest BCUT2D eigenvalue weighted by Crippen LogP contribution is 2.22. The van der Waals surface area contributed by atoms with Crippen LogP contribution in [0.25, 0.3) is 0 Å². The van der Waals surface area contributed by atoms with Crippen molar-refractivity contribution in [2.45, 2.75) is 25.3 Å². The highest BCUT2D eigenvalue weighted by Gasteiger charge is 2.19. The summed E-state index contributed by atoms with van der Waals surface area (Å²) < 4.78 is 33.5. The lowest BCUT2D eigenvalue weighted by atomic mass is 10.1. The molecule has 0 saturated carbocycles. The van der Waals surface area contributed by atoms with E-state index in [0.29, 0.717) is 23.5 Å². The van der Waals surface area contributed by atoms with Crippen LogP contribution in [0.4, 0.5) is 11.4 Å². The second-order valence-electron chi connectivity index (χ2n) is 7.04. The van der Waals surface area contributed by atoms with Gasteiger partial charge in [0.15, 0.2) is 0 Å². The first-order chi connectivity index (χ1) is 14.3. The summed E-state index contributed by atoms with van der Waals surface area (Å²) in [6.07, 6.45) is 0. The zero-order valence-electron chi connectivity index (χ0n) is 17.1. The molecule has 0 heterocycles. The number of amides is 1. The maximum atomic E-state index is 12.9. The minimum atomic E-state index is -3.85. The minimum absolute atomic E-state index is 0.0600. The summed E-state index contributed by atoms with van der Waals surface area (Å²) >= 11 is 0. The Bertz CT molecular complexity index is 1170. The molecule has 3 aromatic rings. The van der Waals surface area contributed by atoms with Crippen molar-refractivity contribution in [2.24, 2.45) is 0 Å². The maximum absolute atomic E-state index is 12.9. The molecule has 3 rings (SSSR count). The van der Waals surface area contributed by atoms with Gasteiger partial charge in [0.05, 0.1) is 11.5 Å². The molecule has 0 aromatic heterocycles. The van der Waals surface area contributed by atoms with Gasteiger partial charge >= 0.3 is 0 Å². The summed E-state index contributed by atoms with van der Waals surface area (Å²) in [6.45, 7) is 4.01. The molecule has 2 N–H and O–H groups in total. The van der Waals surface area contributed by atoms with E-state index in [9.17, 15) is 13.2 Å². The summed E-state index contributed by atoms with van der Waals surface area (Å²) in [4.78, 5) is 12.8. The minimum Gasteiger partial charge on any atom is -0.380 e. The Morgan fingerprint density at radius 1 is 0.933 bits per heavy atom. The van der Waals surface area contributed by atoms with Crippen LogP contribution in [0.5, 0.6) is 0 Å². The number of carbonyl (C=O) groups excluding carboxylic acids is 1. The molecule has 7 heteroatoms. The summed E-state index contributed by atoms with van der Waals surface area (Å²) in [5.74, 6) is -0.392. The molecule has 0 saturated heterocycles. The van der Waals surface area contributed by atoms with Crippen LogP contribution in [0.1, 0.15) is 27.0 Å². The fourth-order valence-corrected chi connectivity index (χ4v) is 4.38. The van der Waals surface area contributed by atoms with E-state index in [4.69, 9.17) is 4.74 Å². The molecule has 0 unspecified atom stereocenters. The molecule has 0 spiro atoms. The van der Waals surface area contributed by atoms with Crippen LogP contribution in [0.2, 0.25) is 0 Å². The standard InChI is InChI=1S/C23H24N2O4S/c1-16-6-4-9-21(12-16)25-30(27,28)22-14-19(11-10-17(22)2)23(26)24-20-8-5-7-18(13-20)15-29-3/h4-14,25H,15H2,1-3H3,(H,24,26). The van der Waals surface area contributed by atoms with Gasteiger partial charge in [-0.1, -0.05) is 30.3 Å². The number of rotatable bonds is 7. The number of methoxy groups -OCH3 is 1. The molecule has 0 aliphatic carbocycles. The highest BCUT2D eigenvalue weighted by molar-refractivity contribution is 7.92. The Morgan fingerprint density at radius 2 is 1.67 bits per heavy atom. The molecule has 0 aliphatic heterocycles. The second-order valence-corrected chi connectivity index (χ2v) is 8.69. The molecule has 0 radical (unpaired) electrons. The van der Waals surface area contributed by atoms with E-state index in [1.165, 1.54) is 6.07 Å². The predicted molar refractivity (Wildman–Crippen MR) is 118 cm³/mol. The summed E-state index contributed by atoms with van der Waals surface area (Å²) in [5.41, 5.74) is 3.74. The van der Waals surface area contributed by atoms with Crippen molar-refractivity contribution in [2.75, 3.05) is 17.1 Å². The van der Waals surface area contributed by atoms with Crippen LogP contribution in [0.15, 0.2) is 71.6 Å². The van der Waals surface area contributed by atoms with E-state index in [0.717, 1.165) is 11.1 Å². The Balaban J connectivity index is 1.85. The largest absolute Gasteiger partial charge is 0.380 e. The lowest BCUT2D eigenvalue weighted by Crippen LogP contribution is -2.17. The van der Waals surface area contributed by atoms with Crippen molar-refractivity contribution >= 4 is 27.3 Å². The van der Waals surface area contributed by atoms with Crippen molar-refractivity contribution < 1.29 is 17.9 Å². The third-order valence-electron chi connectivity index (χ3n) is 4.51. The van der Waals surface area contributed by atoms with Crippen LogP contribution in [-0.4, -0.2) is 21.4 Å². The van der Waals surface area contributed by atoms with Crippen LogP contribution in [0.3, 0.4) is 0 Å². The summed E-state index contributed by atoms with van der Waals surface area (Å²) in [5, 5.41) is 2.80. The molecule has 0 bridgehead atoms. The Labute approximate surface area is 177 Å². The number of sulfonamides is 1. The molecule has 0 aliphatic rings. The van der Waals surface area contributed by atoms with E-state index >= 15 is 0 Å². The van der Waals surface area contributed by atoms with Gasteiger partial charge in [-0.15, -0.1) is 0 Å². The average molecular weight is 425 g/mol. The lowest BCUT2D eigenvalue weighted by Gasteiger charge is -2.13. The van der Waals surface area contributed by atoms with E-state index in [2.05, 4.69) is 10.0 Å². The van der Waals surface area contributed by atoms with Crippen LogP contribution in [0, 0.1) is 13.8 Å². The Hall–Kier alpha value is -3.16. The topological polar surface area (TPSA) is 84.5 Å². The van der Waals surface area contributed by atoms with Crippen LogP contribution in [-0.2, 0) is 21.4 Å². The molecule has 156 valence electrons. The normalized spacial score (nSPS) is 11.2. The number of benzene rings is 3. The molecule has 6 nitrogen and oxygen atoms in total. The van der Waals surface area contributed by atoms with Gasteiger partial charge in [-0.05, 0) is 66.9 Å². The Morgan fingerprint density at radius 3 is 2.40 bits per heavy atom. The van der Waals surface area contributed by atoms with E-state index < -0.39 is 15.9 Å². The third kappa shape index (κ3) is 5.25. The quantitative estimate of drug-likeness (QED) is 0.585. The highest BCUT2D eigenvalue weighted by atomic mass is 32.2. The smallest absolute Gasteiger partial charge is 0.262 e.